The molecule has 0 saturated carbocycles. The molecule has 0 spiro atoms. The quantitative estimate of drug-likeness (QED) is 0.514. The predicted octanol–water partition coefficient (Wildman–Crippen LogP) is 3.86. The zero-order valence-electron chi connectivity index (χ0n) is 14.2. The third kappa shape index (κ3) is 4.99. The average molecular weight is 330 g/mol. The lowest BCUT2D eigenvalue weighted by molar-refractivity contribution is -0.112. The monoisotopic (exact) mass is 330 g/mol. The van der Waals surface area contributed by atoms with Crippen molar-refractivity contribution >= 4 is 17.7 Å². The topological polar surface area (TPSA) is 62.1 Å². The molecule has 2 rings (SSSR count). The third-order valence-electron chi connectivity index (χ3n) is 3.52. The van der Waals surface area contributed by atoms with Crippen LogP contribution in [0.5, 0.6) is 5.75 Å². The van der Waals surface area contributed by atoms with Gasteiger partial charge in [0, 0.05) is 5.69 Å². The summed E-state index contributed by atoms with van der Waals surface area (Å²) in [6.45, 7) is 4.04. The zero-order valence-corrected chi connectivity index (χ0v) is 14.2. The molecule has 1 amide bonds. The second-order valence-electron chi connectivity index (χ2n) is 5.50. The lowest BCUT2D eigenvalue weighted by Gasteiger charge is -2.09. The number of hydrogen-bond donors (Lipinski definition) is 1. The minimum atomic E-state index is -0.441. The number of nitriles is 1. The number of rotatable bonds is 5. The van der Waals surface area contributed by atoms with Crippen molar-refractivity contribution in [2.45, 2.75) is 13.8 Å². The van der Waals surface area contributed by atoms with Crippen molar-refractivity contribution in [2.75, 3.05) is 11.9 Å². The van der Waals surface area contributed by atoms with Crippen LogP contribution < -0.4 is 10.1 Å². The lowest BCUT2D eigenvalue weighted by Crippen LogP contribution is -2.14. The van der Waals surface area contributed by atoms with Gasteiger partial charge in [-0.1, -0.05) is 30.2 Å². The summed E-state index contributed by atoms with van der Waals surface area (Å²) in [4.78, 5) is 12.4. The van der Waals surface area contributed by atoms with E-state index in [9.17, 15) is 10.1 Å². The summed E-state index contributed by atoms with van der Waals surface area (Å²) in [6, 6.07) is 14.7. The van der Waals surface area contributed by atoms with Crippen LogP contribution >= 0.6 is 0 Å². The number of amides is 1. The van der Waals surface area contributed by atoms with E-state index in [0.717, 1.165) is 16.7 Å². The molecule has 0 aliphatic carbocycles. The number of benzene rings is 2. The van der Waals surface area contributed by atoms with Gasteiger partial charge < -0.3 is 10.1 Å². The van der Waals surface area contributed by atoms with Gasteiger partial charge >= 0.3 is 0 Å². The fraction of sp³-hybridized carbons (Fsp3) is 0.143. The van der Waals surface area contributed by atoms with Gasteiger partial charge in [-0.3, -0.25) is 4.79 Å². The third-order valence-corrected chi connectivity index (χ3v) is 3.52. The van der Waals surface area contributed by atoms with Gasteiger partial charge in [-0.05, 0) is 54.8 Å². The molecule has 0 aliphatic rings. The van der Waals surface area contributed by atoms with Crippen LogP contribution in [-0.4, -0.2) is 12.5 Å². The van der Waals surface area contributed by atoms with Crippen LogP contribution in [0.1, 0.15) is 16.7 Å². The largest absolute Gasteiger partial charge is 0.481 e. The zero-order chi connectivity index (χ0) is 18.2. The van der Waals surface area contributed by atoms with E-state index in [1.807, 2.05) is 38.1 Å². The van der Waals surface area contributed by atoms with Crippen molar-refractivity contribution in [3.05, 3.63) is 64.7 Å². The van der Waals surface area contributed by atoms with E-state index >= 15 is 0 Å². The number of hydrogen-bond acceptors (Lipinski definition) is 3. The van der Waals surface area contributed by atoms with Crippen LogP contribution in [0.25, 0.3) is 6.08 Å². The van der Waals surface area contributed by atoms with Crippen molar-refractivity contribution in [1.29, 1.82) is 5.26 Å². The molecule has 0 radical (unpaired) electrons. The SMILES string of the molecule is C#CCOc1ccc(/C=C(\C#N)C(=O)Nc2cc(C)ccc2C)cc1. The molecule has 0 unspecified atom stereocenters. The van der Waals surface area contributed by atoms with E-state index in [1.54, 1.807) is 24.3 Å². The molecule has 0 bridgehead atoms. The van der Waals surface area contributed by atoms with Crippen LogP contribution in [-0.2, 0) is 4.79 Å². The Morgan fingerprint density at radius 3 is 2.60 bits per heavy atom. The van der Waals surface area contributed by atoms with Gasteiger partial charge in [0.15, 0.2) is 0 Å². The number of nitrogens with zero attached hydrogens (tertiary/aromatic N) is 1. The Labute approximate surface area is 147 Å². The normalized spacial score (nSPS) is 10.5. The van der Waals surface area contributed by atoms with E-state index in [0.29, 0.717) is 11.4 Å². The van der Waals surface area contributed by atoms with Gasteiger partial charge in [0.25, 0.3) is 5.91 Å². The summed E-state index contributed by atoms with van der Waals surface area (Å²) in [7, 11) is 0. The second-order valence-corrected chi connectivity index (χ2v) is 5.50. The van der Waals surface area contributed by atoms with Crippen molar-refractivity contribution in [3.8, 4) is 24.2 Å². The Morgan fingerprint density at radius 2 is 1.96 bits per heavy atom. The Kier molecular flexibility index (Phi) is 5.98. The first-order valence-corrected chi connectivity index (χ1v) is 7.70. The van der Waals surface area contributed by atoms with Crippen LogP contribution in [0.15, 0.2) is 48.0 Å². The number of terminal acetylenes is 1. The molecule has 2 aromatic rings. The summed E-state index contributed by atoms with van der Waals surface area (Å²) in [5, 5.41) is 12.1. The summed E-state index contributed by atoms with van der Waals surface area (Å²) in [6.07, 6.45) is 6.67. The Balaban J connectivity index is 2.16. The molecular weight excluding hydrogens is 312 g/mol. The Morgan fingerprint density at radius 1 is 1.24 bits per heavy atom. The van der Waals surface area contributed by atoms with Crippen LogP contribution in [0.4, 0.5) is 5.69 Å². The number of aryl methyl sites for hydroxylation is 2. The van der Waals surface area contributed by atoms with Gasteiger partial charge in [0.1, 0.15) is 24.0 Å². The van der Waals surface area contributed by atoms with Crippen molar-refractivity contribution in [1.82, 2.24) is 0 Å². The lowest BCUT2D eigenvalue weighted by atomic mass is 10.1. The first-order valence-electron chi connectivity index (χ1n) is 7.70. The average Bonchev–Trinajstić information content (AvgIpc) is 2.61. The van der Waals surface area contributed by atoms with E-state index in [1.165, 1.54) is 6.08 Å². The highest BCUT2D eigenvalue weighted by Gasteiger charge is 2.11. The van der Waals surface area contributed by atoms with Gasteiger partial charge in [-0.2, -0.15) is 5.26 Å². The van der Waals surface area contributed by atoms with Gasteiger partial charge in [0.2, 0.25) is 0 Å². The number of carbonyl (C=O) groups is 1. The molecule has 0 saturated heterocycles. The maximum absolute atomic E-state index is 12.4. The smallest absolute Gasteiger partial charge is 0.266 e. The fourth-order valence-corrected chi connectivity index (χ4v) is 2.16. The standard InChI is InChI=1S/C21H18N2O2/c1-4-11-25-19-9-7-17(8-10-19)13-18(14-22)21(24)23-20-12-15(2)5-6-16(20)3/h1,5-10,12-13H,11H2,2-3H3,(H,23,24)/b18-13+. The van der Waals surface area contributed by atoms with Crippen LogP contribution in [0.2, 0.25) is 0 Å². The van der Waals surface area contributed by atoms with Crippen molar-refractivity contribution in [2.24, 2.45) is 0 Å². The summed E-state index contributed by atoms with van der Waals surface area (Å²) < 4.78 is 5.29. The summed E-state index contributed by atoms with van der Waals surface area (Å²) in [5.74, 6) is 2.58. The van der Waals surface area contributed by atoms with E-state index in [4.69, 9.17) is 11.2 Å². The minimum absolute atomic E-state index is 0.0261. The minimum Gasteiger partial charge on any atom is -0.481 e. The molecule has 0 heterocycles. The molecule has 0 atom stereocenters. The molecule has 1 N–H and O–H groups in total. The molecule has 0 fully saturated rings. The molecule has 25 heavy (non-hydrogen) atoms. The van der Waals surface area contributed by atoms with E-state index in [-0.39, 0.29) is 12.2 Å². The number of nitrogens with one attached hydrogen (secondary N) is 1. The number of ether oxygens (including phenoxy) is 1. The van der Waals surface area contributed by atoms with Crippen LogP contribution in [0.3, 0.4) is 0 Å². The second kappa shape index (κ2) is 8.38. The molecule has 2 aromatic carbocycles. The highest BCUT2D eigenvalue weighted by Crippen LogP contribution is 2.18. The summed E-state index contributed by atoms with van der Waals surface area (Å²) in [5.41, 5.74) is 3.42. The number of anilines is 1. The molecule has 4 heteroatoms. The van der Waals surface area contributed by atoms with Gasteiger partial charge in [-0.15, -0.1) is 6.42 Å². The summed E-state index contributed by atoms with van der Waals surface area (Å²) >= 11 is 0. The highest BCUT2D eigenvalue weighted by molar-refractivity contribution is 6.10. The molecular formula is C21H18N2O2. The van der Waals surface area contributed by atoms with Gasteiger partial charge in [0.05, 0.1) is 0 Å². The first kappa shape index (κ1) is 17.8. The Hall–Kier alpha value is -3.50. The molecule has 124 valence electrons. The van der Waals surface area contributed by atoms with Crippen LogP contribution in [0, 0.1) is 37.5 Å². The van der Waals surface area contributed by atoms with Crippen molar-refractivity contribution < 1.29 is 9.53 Å². The fourth-order valence-electron chi connectivity index (χ4n) is 2.16. The Bertz CT molecular complexity index is 882. The van der Waals surface area contributed by atoms with Gasteiger partial charge in [-0.25, -0.2) is 0 Å². The maximum Gasteiger partial charge on any atom is 0.266 e. The molecule has 0 aromatic heterocycles. The highest BCUT2D eigenvalue weighted by atomic mass is 16.5. The maximum atomic E-state index is 12.4. The molecule has 0 aliphatic heterocycles. The van der Waals surface area contributed by atoms with Crippen molar-refractivity contribution in [3.63, 3.8) is 0 Å². The number of carbonyl (C=O) groups excluding carboxylic acids is 1. The first-order chi connectivity index (χ1) is 12.0. The van der Waals surface area contributed by atoms with E-state index in [2.05, 4.69) is 11.2 Å². The predicted molar refractivity (Wildman–Crippen MR) is 98.9 cm³/mol. The molecule has 4 nitrogen and oxygen atoms in total. The van der Waals surface area contributed by atoms with E-state index < -0.39 is 5.91 Å².